The van der Waals surface area contributed by atoms with Gasteiger partial charge in [0.25, 0.3) is 5.56 Å². The highest BCUT2D eigenvalue weighted by Gasteiger charge is 2.25. The van der Waals surface area contributed by atoms with Gasteiger partial charge in [-0.3, -0.25) is 9.69 Å². The summed E-state index contributed by atoms with van der Waals surface area (Å²) in [4.78, 5) is 19.0. The fourth-order valence-electron chi connectivity index (χ4n) is 3.80. The number of hydrogen-bond acceptors (Lipinski definition) is 3. The van der Waals surface area contributed by atoms with Gasteiger partial charge >= 0.3 is 0 Å². The third kappa shape index (κ3) is 3.27. The molecule has 134 valence electrons. The first-order valence-electron chi connectivity index (χ1n) is 9.25. The summed E-state index contributed by atoms with van der Waals surface area (Å²) in [6.07, 6.45) is 2.89. The topological polar surface area (TPSA) is 36.1 Å². The number of thiophene rings is 1. The van der Waals surface area contributed by atoms with Crippen LogP contribution in [0.3, 0.4) is 0 Å². The standard InChI is InChI=1S/C22H24N2OS/c1-3-16-13-18-14-17(6-7-19(18)23-22(16)25)21(20-5-4-12-26-20)24-10-8-15(2)9-11-24/h4-7,12-14,21H,2-3,8-11H2,1H3,(H,23,25). The van der Waals surface area contributed by atoms with Crippen LogP contribution >= 0.6 is 11.3 Å². The maximum atomic E-state index is 12.1. The summed E-state index contributed by atoms with van der Waals surface area (Å²) in [5, 5.41) is 3.26. The number of pyridine rings is 1. The van der Waals surface area contributed by atoms with Gasteiger partial charge in [0.05, 0.1) is 6.04 Å². The lowest BCUT2D eigenvalue weighted by atomic mass is 9.97. The molecular formula is C22H24N2OS. The van der Waals surface area contributed by atoms with E-state index in [1.807, 2.05) is 24.3 Å². The maximum Gasteiger partial charge on any atom is 0.251 e. The van der Waals surface area contributed by atoms with Crippen molar-refractivity contribution in [1.29, 1.82) is 0 Å². The Bertz CT molecular complexity index is 977. The van der Waals surface area contributed by atoms with Crippen molar-refractivity contribution in [1.82, 2.24) is 9.88 Å². The average Bonchev–Trinajstić information content (AvgIpc) is 3.17. The quantitative estimate of drug-likeness (QED) is 0.669. The van der Waals surface area contributed by atoms with Crippen LogP contribution in [0.15, 0.2) is 58.7 Å². The van der Waals surface area contributed by atoms with Gasteiger partial charge in [0, 0.05) is 29.0 Å². The van der Waals surface area contributed by atoms with Gasteiger partial charge in [-0.05, 0) is 59.9 Å². The number of likely N-dealkylation sites (tertiary alicyclic amines) is 1. The molecule has 1 aromatic carbocycles. The Morgan fingerprint density at radius 2 is 2.04 bits per heavy atom. The third-order valence-corrected chi connectivity index (χ3v) is 6.25. The molecule has 4 rings (SSSR count). The minimum atomic E-state index is 0.0251. The predicted octanol–water partition coefficient (Wildman–Crippen LogP) is 4.89. The molecule has 0 aliphatic carbocycles. The molecule has 1 N–H and O–H groups in total. The molecule has 1 atom stereocenters. The number of aryl methyl sites for hydroxylation is 1. The van der Waals surface area contributed by atoms with Crippen LogP contribution in [0.1, 0.15) is 41.8 Å². The van der Waals surface area contributed by atoms with Crippen LogP contribution in [0.5, 0.6) is 0 Å². The summed E-state index contributed by atoms with van der Waals surface area (Å²) >= 11 is 1.81. The van der Waals surface area contributed by atoms with E-state index in [4.69, 9.17) is 0 Å². The summed E-state index contributed by atoms with van der Waals surface area (Å²) < 4.78 is 0. The first kappa shape index (κ1) is 17.3. The van der Waals surface area contributed by atoms with Gasteiger partial charge in [-0.15, -0.1) is 11.3 Å². The second-order valence-corrected chi connectivity index (χ2v) is 8.01. The number of rotatable bonds is 4. The lowest BCUT2D eigenvalue weighted by Crippen LogP contribution is -2.34. The van der Waals surface area contributed by atoms with Crippen LogP contribution in [0.25, 0.3) is 10.9 Å². The molecule has 3 nitrogen and oxygen atoms in total. The van der Waals surface area contributed by atoms with Crippen LogP contribution in [0.2, 0.25) is 0 Å². The largest absolute Gasteiger partial charge is 0.322 e. The predicted molar refractivity (Wildman–Crippen MR) is 110 cm³/mol. The lowest BCUT2D eigenvalue weighted by Gasteiger charge is -2.35. The van der Waals surface area contributed by atoms with Gasteiger partial charge in [-0.2, -0.15) is 0 Å². The highest BCUT2D eigenvalue weighted by Crippen LogP contribution is 2.35. The van der Waals surface area contributed by atoms with E-state index in [-0.39, 0.29) is 11.6 Å². The molecule has 3 heterocycles. The van der Waals surface area contributed by atoms with Crippen LogP contribution in [0.4, 0.5) is 0 Å². The third-order valence-electron chi connectivity index (χ3n) is 5.32. The number of hydrogen-bond donors (Lipinski definition) is 1. The summed E-state index contributed by atoms with van der Waals surface area (Å²) in [6.45, 7) is 8.27. The van der Waals surface area contributed by atoms with Crippen molar-refractivity contribution >= 4 is 22.2 Å². The van der Waals surface area contributed by atoms with E-state index in [0.717, 1.165) is 48.8 Å². The Balaban J connectivity index is 1.79. The molecule has 1 fully saturated rings. The molecule has 4 heteroatoms. The van der Waals surface area contributed by atoms with Gasteiger partial charge in [0.1, 0.15) is 0 Å². The molecule has 3 aromatic rings. The molecule has 0 amide bonds. The molecule has 1 aliphatic rings. The van der Waals surface area contributed by atoms with Gasteiger partial charge in [-0.1, -0.05) is 31.2 Å². The van der Waals surface area contributed by atoms with Crippen molar-refractivity contribution in [3.8, 4) is 0 Å². The summed E-state index contributed by atoms with van der Waals surface area (Å²) in [5.74, 6) is 0. The van der Waals surface area contributed by atoms with Gasteiger partial charge in [-0.25, -0.2) is 0 Å². The van der Waals surface area contributed by atoms with Gasteiger partial charge in [0.2, 0.25) is 0 Å². The molecule has 0 bridgehead atoms. The fourth-order valence-corrected chi connectivity index (χ4v) is 4.69. The van der Waals surface area contributed by atoms with Crippen molar-refractivity contribution < 1.29 is 0 Å². The van der Waals surface area contributed by atoms with Crippen molar-refractivity contribution in [2.24, 2.45) is 0 Å². The van der Waals surface area contributed by atoms with Crippen molar-refractivity contribution in [3.05, 3.63) is 80.3 Å². The van der Waals surface area contributed by atoms with E-state index in [1.54, 1.807) is 0 Å². The number of nitrogens with one attached hydrogen (secondary N) is 1. The number of aromatic amines is 1. The van der Waals surface area contributed by atoms with Crippen LogP contribution in [0, 0.1) is 0 Å². The molecule has 0 spiro atoms. The molecule has 1 unspecified atom stereocenters. The first-order valence-corrected chi connectivity index (χ1v) is 10.1. The average molecular weight is 365 g/mol. The highest BCUT2D eigenvalue weighted by molar-refractivity contribution is 7.10. The smallest absolute Gasteiger partial charge is 0.251 e. The van der Waals surface area contributed by atoms with Crippen molar-refractivity contribution in [2.45, 2.75) is 32.2 Å². The minimum absolute atomic E-state index is 0.0251. The van der Waals surface area contributed by atoms with E-state index < -0.39 is 0 Å². The summed E-state index contributed by atoms with van der Waals surface area (Å²) in [7, 11) is 0. The second kappa shape index (κ2) is 7.22. The molecule has 1 saturated heterocycles. The van der Waals surface area contributed by atoms with Gasteiger partial charge in [0.15, 0.2) is 0 Å². The summed E-state index contributed by atoms with van der Waals surface area (Å²) in [5.41, 5.74) is 4.43. The SMILES string of the molecule is C=C1CCN(C(c2ccc3[nH]c(=O)c(CC)cc3c2)c2cccs2)CC1. The Labute approximate surface area is 158 Å². The maximum absolute atomic E-state index is 12.1. The lowest BCUT2D eigenvalue weighted by molar-refractivity contribution is 0.213. The van der Waals surface area contributed by atoms with Crippen LogP contribution in [-0.2, 0) is 6.42 Å². The molecule has 0 radical (unpaired) electrons. The number of benzene rings is 1. The zero-order chi connectivity index (χ0) is 18.1. The summed E-state index contributed by atoms with van der Waals surface area (Å²) in [6, 6.07) is 13.1. The molecule has 26 heavy (non-hydrogen) atoms. The molecule has 0 saturated carbocycles. The number of nitrogens with zero attached hydrogens (tertiary/aromatic N) is 1. The van der Waals surface area contributed by atoms with Crippen LogP contribution in [-0.4, -0.2) is 23.0 Å². The highest BCUT2D eigenvalue weighted by atomic mass is 32.1. The second-order valence-electron chi connectivity index (χ2n) is 7.03. The van der Waals surface area contributed by atoms with Crippen molar-refractivity contribution in [3.63, 3.8) is 0 Å². The Morgan fingerprint density at radius 1 is 1.23 bits per heavy atom. The number of fused-ring (bicyclic) bond motifs is 1. The van der Waals surface area contributed by atoms with Crippen molar-refractivity contribution in [2.75, 3.05) is 13.1 Å². The molecule has 1 aliphatic heterocycles. The minimum Gasteiger partial charge on any atom is -0.322 e. The van der Waals surface area contributed by atoms with Crippen LogP contribution < -0.4 is 5.56 Å². The normalized spacial score (nSPS) is 16.9. The monoisotopic (exact) mass is 364 g/mol. The Morgan fingerprint density at radius 3 is 2.73 bits per heavy atom. The first-order chi connectivity index (χ1) is 12.7. The Hall–Kier alpha value is -2.17. The van der Waals surface area contributed by atoms with E-state index in [1.165, 1.54) is 16.0 Å². The number of piperidine rings is 1. The fraction of sp³-hybridized carbons (Fsp3) is 0.318. The van der Waals surface area contributed by atoms with E-state index in [2.05, 4.69) is 52.2 Å². The number of aromatic nitrogens is 1. The molecular weight excluding hydrogens is 340 g/mol. The Kier molecular flexibility index (Phi) is 4.79. The number of H-pyrrole nitrogens is 1. The van der Waals surface area contributed by atoms with E-state index in [9.17, 15) is 4.79 Å². The van der Waals surface area contributed by atoms with E-state index in [0.29, 0.717) is 0 Å². The zero-order valence-electron chi connectivity index (χ0n) is 15.1. The zero-order valence-corrected chi connectivity index (χ0v) is 15.9. The van der Waals surface area contributed by atoms with Gasteiger partial charge < -0.3 is 4.98 Å². The van der Waals surface area contributed by atoms with E-state index >= 15 is 0 Å². The molecule has 2 aromatic heterocycles.